The van der Waals surface area contributed by atoms with E-state index in [1.807, 2.05) is 0 Å². The third-order valence-electron chi connectivity index (χ3n) is 2.53. The fraction of sp³-hybridized carbons (Fsp3) is 0.364. The van der Waals surface area contributed by atoms with Gasteiger partial charge in [-0.2, -0.15) is 0 Å². The number of carbonyl (C=O) groups is 1. The number of hydrogen-bond donors (Lipinski definition) is 0. The Morgan fingerprint density at radius 2 is 2.19 bits per heavy atom. The van der Waals surface area contributed by atoms with Crippen molar-refractivity contribution in [3.8, 4) is 17.2 Å². The molecule has 0 bridgehead atoms. The molecule has 0 N–H and O–H groups in total. The first kappa shape index (κ1) is 9.78. The minimum absolute atomic E-state index is 0.0594. The highest BCUT2D eigenvalue weighted by Gasteiger charge is 2.32. The summed E-state index contributed by atoms with van der Waals surface area (Å²) in [6.07, 6.45) is 1.83. The quantitative estimate of drug-likeness (QED) is 0.588. The maximum atomic E-state index is 11.4. The smallest absolute Gasteiger partial charge is 0.314 e. The van der Waals surface area contributed by atoms with Gasteiger partial charge >= 0.3 is 5.97 Å². The first-order chi connectivity index (χ1) is 7.74. The standard InChI is InChI=1S/C11H9ClO4/c12-8-3-7(16-11(13)6-1-2-6)4-9-10(8)15-5-14-9/h3-4,6H,1-2,5H2. The van der Waals surface area contributed by atoms with E-state index in [4.69, 9.17) is 25.8 Å². The minimum atomic E-state index is -0.199. The molecule has 1 aromatic rings. The molecule has 1 aliphatic carbocycles. The zero-order chi connectivity index (χ0) is 11.1. The van der Waals surface area contributed by atoms with E-state index in [1.54, 1.807) is 12.1 Å². The normalized spacial score (nSPS) is 17.3. The first-order valence-electron chi connectivity index (χ1n) is 5.05. The molecule has 16 heavy (non-hydrogen) atoms. The second kappa shape index (κ2) is 3.56. The van der Waals surface area contributed by atoms with Crippen molar-refractivity contribution in [1.29, 1.82) is 0 Å². The van der Waals surface area contributed by atoms with Gasteiger partial charge in [0.25, 0.3) is 0 Å². The Morgan fingerprint density at radius 1 is 1.38 bits per heavy atom. The molecule has 1 aliphatic heterocycles. The van der Waals surface area contributed by atoms with E-state index in [9.17, 15) is 4.79 Å². The number of esters is 1. The Bertz CT molecular complexity index is 454. The molecule has 0 saturated heterocycles. The summed E-state index contributed by atoms with van der Waals surface area (Å²) in [7, 11) is 0. The number of rotatable bonds is 2. The molecule has 1 aromatic carbocycles. The lowest BCUT2D eigenvalue weighted by molar-refractivity contribution is -0.135. The predicted octanol–water partition coefficient (Wildman–Crippen LogP) is 2.38. The number of halogens is 1. The minimum Gasteiger partial charge on any atom is -0.453 e. The second-order valence-corrected chi connectivity index (χ2v) is 4.24. The lowest BCUT2D eigenvalue weighted by Gasteiger charge is -2.05. The molecule has 0 atom stereocenters. The van der Waals surface area contributed by atoms with Crippen LogP contribution in [0.3, 0.4) is 0 Å². The van der Waals surface area contributed by atoms with Crippen molar-refractivity contribution in [1.82, 2.24) is 0 Å². The molecular formula is C11H9ClO4. The Labute approximate surface area is 97.0 Å². The summed E-state index contributed by atoms with van der Waals surface area (Å²) in [5.41, 5.74) is 0. The number of ether oxygens (including phenoxy) is 3. The van der Waals surface area contributed by atoms with Crippen molar-refractivity contribution >= 4 is 17.6 Å². The highest BCUT2D eigenvalue weighted by molar-refractivity contribution is 6.32. The van der Waals surface area contributed by atoms with Crippen LogP contribution < -0.4 is 14.2 Å². The molecule has 1 saturated carbocycles. The van der Waals surface area contributed by atoms with Gasteiger partial charge < -0.3 is 14.2 Å². The SMILES string of the molecule is O=C(Oc1cc(Cl)c2c(c1)OCO2)C1CC1. The van der Waals surface area contributed by atoms with Crippen LogP contribution in [0.1, 0.15) is 12.8 Å². The van der Waals surface area contributed by atoms with Crippen LogP contribution in [0.4, 0.5) is 0 Å². The van der Waals surface area contributed by atoms with Gasteiger partial charge in [0, 0.05) is 12.1 Å². The van der Waals surface area contributed by atoms with Crippen LogP contribution in [-0.4, -0.2) is 12.8 Å². The molecule has 1 heterocycles. The second-order valence-electron chi connectivity index (χ2n) is 3.83. The summed E-state index contributed by atoms with van der Waals surface area (Å²) in [4.78, 5) is 11.4. The average Bonchev–Trinajstić information content (AvgIpc) is 2.98. The van der Waals surface area contributed by atoms with Gasteiger partial charge in [0.2, 0.25) is 6.79 Å². The Kier molecular flexibility index (Phi) is 2.17. The molecule has 2 aliphatic rings. The predicted molar refractivity (Wildman–Crippen MR) is 55.9 cm³/mol. The molecule has 0 spiro atoms. The molecule has 1 fully saturated rings. The number of carbonyl (C=O) groups excluding carboxylic acids is 1. The fourth-order valence-electron chi connectivity index (χ4n) is 1.52. The topological polar surface area (TPSA) is 44.8 Å². The van der Waals surface area contributed by atoms with Gasteiger partial charge in [-0.05, 0) is 12.8 Å². The van der Waals surface area contributed by atoms with Crippen LogP contribution in [0.25, 0.3) is 0 Å². The number of fused-ring (bicyclic) bond motifs is 1. The van der Waals surface area contributed by atoms with Crippen LogP contribution in [0.5, 0.6) is 17.2 Å². The van der Waals surface area contributed by atoms with Gasteiger partial charge in [-0.1, -0.05) is 11.6 Å². The molecule has 0 radical (unpaired) electrons. The van der Waals surface area contributed by atoms with Crippen LogP contribution in [0, 0.1) is 5.92 Å². The summed E-state index contributed by atoms with van der Waals surface area (Å²) in [6, 6.07) is 3.18. The first-order valence-corrected chi connectivity index (χ1v) is 5.42. The monoisotopic (exact) mass is 240 g/mol. The number of benzene rings is 1. The lowest BCUT2D eigenvalue weighted by Crippen LogP contribution is -2.09. The molecular weight excluding hydrogens is 232 g/mol. The zero-order valence-corrected chi connectivity index (χ0v) is 9.12. The van der Waals surface area contributed by atoms with Crippen LogP contribution >= 0.6 is 11.6 Å². The zero-order valence-electron chi connectivity index (χ0n) is 8.36. The maximum Gasteiger partial charge on any atom is 0.314 e. The van der Waals surface area contributed by atoms with Gasteiger partial charge in [-0.25, -0.2) is 0 Å². The maximum absolute atomic E-state index is 11.4. The largest absolute Gasteiger partial charge is 0.453 e. The summed E-state index contributed by atoms with van der Waals surface area (Å²) in [5, 5.41) is 0.397. The van der Waals surface area contributed by atoms with Gasteiger partial charge in [0.05, 0.1) is 10.9 Å². The fourth-order valence-corrected chi connectivity index (χ4v) is 1.78. The van der Waals surface area contributed by atoms with Crippen molar-refractivity contribution in [2.45, 2.75) is 12.8 Å². The van der Waals surface area contributed by atoms with E-state index in [1.165, 1.54) is 0 Å². The molecule has 4 nitrogen and oxygen atoms in total. The molecule has 5 heteroatoms. The van der Waals surface area contributed by atoms with Crippen molar-refractivity contribution in [3.05, 3.63) is 17.2 Å². The highest BCUT2D eigenvalue weighted by atomic mass is 35.5. The van der Waals surface area contributed by atoms with Gasteiger partial charge in [0.1, 0.15) is 5.75 Å². The Balaban J connectivity index is 1.84. The summed E-state index contributed by atoms with van der Waals surface area (Å²) >= 11 is 5.96. The summed E-state index contributed by atoms with van der Waals surface area (Å²) in [6.45, 7) is 0.148. The van der Waals surface area contributed by atoms with Gasteiger partial charge in [0.15, 0.2) is 11.5 Å². The van der Waals surface area contributed by atoms with E-state index in [0.29, 0.717) is 22.3 Å². The third kappa shape index (κ3) is 1.69. The van der Waals surface area contributed by atoms with E-state index < -0.39 is 0 Å². The Morgan fingerprint density at radius 3 is 2.94 bits per heavy atom. The van der Waals surface area contributed by atoms with Crippen molar-refractivity contribution < 1.29 is 19.0 Å². The van der Waals surface area contributed by atoms with E-state index in [-0.39, 0.29) is 18.7 Å². The van der Waals surface area contributed by atoms with E-state index in [0.717, 1.165) is 12.8 Å². The Hall–Kier alpha value is -1.42. The van der Waals surface area contributed by atoms with Crippen molar-refractivity contribution in [2.75, 3.05) is 6.79 Å². The highest BCUT2D eigenvalue weighted by Crippen LogP contribution is 2.42. The van der Waals surface area contributed by atoms with Crippen LogP contribution in [0.2, 0.25) is 5.02 Å². The van der Waals surface area contributed by atoms with E-state index >= 15 is 0 Å². The summed E-state index contributed by atoms with van der Waals surface area (Å²) < 4.78 is 15.5. The number of hydrogen-bond acceptors (Lipinski definition) is 4. The molecule has 0 aromatic heterocycles. The van der Waals surface area contributed by atoms with Crippen molar-refractivity contribution in [2.24, 2.45) is 5.92 Å². The molecule has 0 amide bonds. The molecule has 0 unspecified atom stereocenters. The average molecular weight is 241 g/mol. The van der Waals surface area contributed by atoms with E-state index in [2.05, 4.69) is 0 Å². The summed E-state index contributed by atoms with van der Waals surface area (Å²) in [5.74, 6) is 1.30. The molecule has 84 valence electrons. The third-order valence-corrected chi connectivity index (χ3v) is 2.81. The van der Waals surface area contributed by atoms with Crippen LogP contribution in [0.15, 0.2) is 12.1 Å². The van der Waals surface area contributed by atoms with Crippen molar-refractivity contribution in [3.63, 3.8) is 0 Å². The molecule has 3 rings (SSSR count). The van der Waals surface area contributed by atoms with Gasteiger partial charge in [-0.3, -0.25) is 4.79 Å². The lowest BCUT2D eigenvalue weighted by atomic mass is 10.3. The van der Waals surface area contributed by atoms with Crippen LogP contribution in [-0.2, 0) is 4.79 Å². The van der Waals surface area contributed by atoms with Gasteiger partial charge in [-0.15, -0.1) is 0 Å².